The van der Waals surface area contributed by atoms with Gasteiger partial charge in [-0.05, 0) is 6.42 Å². The van der Waals surface area contributed by atoms with Crippen LogP contribution in [0.4, 0.5) is 0 Å². The van der Waals surface area contributed by atoms with Crippen molar-refractivity contribution >= 4 is 11.5 Å². The molecule has 0 aromatic heterocycles. The van der Waals surface area contributed by atoms with Gasteiger partial charge in [0.1, 0.15) is 0 Å². The molecule has 0 heterocycles. The highest BCUT2D eigenvalue weighted by molar-refractivity contribution is 6.37. The van der Waals surface area contributed by atoms with E-state index in [1.165, 1.54) is 12.8 Å². The highest BCUT2D eigenvalue weighted by atomic mass is 16.1. The van der Waals surface area contributed by atoms with Crippen LogP contribution in [0.15, 0.2) is 0 Å². The third-order valence-corrected chi connectivity index (χ3v) is 2.03. The second kappa shape index (κ2) is 7.69. The van der Waals surface area contributed by atoms with Gasteiger partial charge in [-0.15, -0.1) is 0 Å². The SMILES string of the molecule is CCCCCCC(=O)C(CC)=[N+]=[N-]. The van der Waals surface area contributed by atoms with Crippen LogP contribution in [-0.2, 0) is 4.79 Å². The van der Waals surface area contributed by atoms with Crippen molar-refractivity contribution in [3.05, 3.63) is 5.53 Å². The third-order valence-electron chi connectivity index (χ3n) is 2.03. The van der Waals surface area contributed by atoms with Crippen LogP contribution in [0.1, 0.15) is 52.4 Å². The molecule has 0 unspecified atom stereocenters. The number of hydrogen-bond acceptors (Lipinski definition) is 1. The van der Waals surface area contributed by atoms with Gasteiger partial charge >= 0.3 is 5.71 Å². The molecule has 0 amide bonds. The predicted molar refractivity (Wildman–Crippen MR) is 52.7 cm³/mol. The van der Waals surface area contributed by atoms with Gasteiger partial charge in [0, 0.05) is 6.42 Å². The van der Waals surface area contributed by atoms with Crippen molar-refractivity contribution in [3.63, 3.8) is 0 Å². The van der Waals surface area contributed by atoms with Crippen molar-refractivity contribution in [1.29, 1.82) is 0 Å². The lowest BCUT2D eigenvalue weighted by Crippen LogP contribution is -2.13. The average molecular weight is 182 g/mol. The molecule has 0 aromatic carbocycles. The number of rotatable bonds is 7. The lowest BCUT2D eigenvalue weighted by atomic mass is 10.1. The van der Waals surface area contributed by atoms with E-state index in [1.807, 2.05) is 6.92 Å². The van der Waals surface area contributed by atoms with Crippen LogP contribution in [0.25, 0.3) is 5.53 Å². The van der Waals surface area contributed by atoms with Crippen molar-refractivity contribution in [3.8, 4) is 0 Å². The van der Waals surface area contributed by atoms with Gasteiger partial charge in [-0.3, -0.25) is 4.79 Å². The molecule has 0 saturated heterocycles. The summed E-state index contributed by atoms with van der Waals surface area (Å²) in [6.45, 7) is 3.95. The molecular weight excluding hydrogens is 164 g/mol. The summed E-state index contributed by atoms with van der Waals surface area (Å²) >= 11 is 0. The van der Waals surface area contributed by atoms with Crippen LogP contribution in [0, 0.1) is 0 Å². The zero-order valence-electron chi connectivity index (χ0n) is 8.55. The number of carbonyl (C=O) groups is 1. The number of ketones is 1. The minimum Gasteiger partial charge on any atom is -0.361 e. The summed E-state index contributed by atoms with van der Waals surface area (Å²) in [5, 5.41) is 0. The summed E-state index contributed by atoms with van der Waals surface area (Å²) in [5.74, 6) is -0.0129. The molecule has 0 atom stereocenters. The van der Waals surface area contributed by atoms with Crippen LogP contribution in [0.5, 0.6) is 0 Å². The largest absolute Gasteiger partial charge is 0.361 e. The van der Waals surface area contributed by atoms with Crippen molar-refractivity contribution in [2.75, 3.05) is 0 Å². The monoisotopic (exact) mass is 182 g/mol. The Bertz CT molecular complexity index is 205. The topological polar surface area (TPSA) is 53.5 Å². The Morgan fingerprint density at radius 1 is 1.23 bits per heavy atom. The van der Waals surface area contributed by atoms with Crippen molar-refractivity contribution < 1.29 is 9.58 Å². The first-order valence-electron chi connectivity index (χ1n) is 5.00. The first-order valence-corrected chi connectivity index (χ1v) is 5.00. The molecule has 0 rings (SSSR count). The Morgan fingerprint density at radius 2 is 1.92 bits per heavy atom. The second-order valence-electron chi connectivity index (χ2n) is 3.13. The van der Waals surface area contributed by atoms with Gasteiger partial charge in [0.25, 0.3) is 0 Å². The summed E-state index contributed by atoms with van der Waals surface area (Å²) in [5.41, 5.74) is 8.77. The average Bonchev–Trinajstić information content (AvgIpc) is 2.14. The second-order valence-corrected chi connectivity index (χ2v) is 3.13. The van der Waals surface area contributed by atoms with Gasteiger partial charge in [-0.2, -0.15) is 4.79 Å². The minimum absolute atomic E-state index is 0.0129. The van der Waals surface area contributed by atoms with E-state index in [2.05, 4.69) is 11.7 Å². The summed E-state index contributed by atoms with van der Waals surface area (Å²) in [4.78, 5) is 14.3. The summed E-state index contributed by atoms with van der Waals surface area (Å²) in [6.07, 6.45) is 5.38. The maximum absolute atomic E-state index is 11.3. The van der Waals surface area contributed by atoms with E-state index in [4.69, 9.17) is 5.53 Å². The molecule has 13 heavy (non-hydrogen) atoms. The molecule has 3 nitrogen and oxygen atoms in total. The Morgan fingerprint density at radius 3 is 2.38 bits per heavy atom. The lowest BCUT2D eigenvalue weighted by molar-refractivity contribution is -0.117. The van der Waals surface area contributed by atoms with E-state index in [0.29, 0.717) is 18.6 Å². The van der Waals surface area contributed by atoms with Crippen LogP contribution in [0.3, 0.4) is 0 Å². The predicted octanol–water partition coefficient (Wildman–Crippen LogP) is 2.61. The molecule has 0 aromatic rings. The van der Waals surface area contributed by atoms with Crippen LogP contribution in [0.2, 0.25) is 0 Å². The zero-order chi connectivity index (χ0) is 10.1. The van der Waals surface area contributed by atoms with E-state index in [0.717, 1.165) is 12.8 Å². The maximum atomic E-state index is 11.3. The van der Waals surface area contributed by atoms with Crippen molar-refractivity contribution in [1.82, 2.24) is 0 Å². The van der Waals surface area contributed by atoms with E-state index in [-0.39, 0.29) is 5.78 Å². The molecule has 0 spiro atoms. The van der Waals surface area contributed by atoms with Gasteiger partial charge in [0.05, 0.1) is 6.42 Å². The quantitative estimate of drug-likeness (QED) is 0.258. The summed E-state index contributed by atoms with van der Waals surface area (Å²) in [6, 6.07) is 0. The molecular formula is C10H18N2O. The highest BCUT2D eigenvalue weighted by Crippen LogP contribution is 2.03. The van der Waals surface area contributed by atoms with Gasteiger partial charge in [0.2, 0.25) is 5.78 Å². The number of nitrogens with zero attached hydrogens (tertiary/aromatic N) is 2. The third kappa shape index (κ3) is 5.31. The smallest absolute Gasteiger partial charge is 0.334 e. The molecule has 0 N–H and O–H groups in total. The number of hydrogen-bond donors (Lipinski definition) is 0. The van der Waals surface area contributed by atoms with Crippen LogP contribution < -0.4 is 0 Å². The Labute approximate surface area is 79.8 Å². The summed E-state index contributed by atoms with van der Waals surface area (Å²) in [7, 11) is 0. The fourth-order valence-corrected chi connectivity index (χ4v) is 1.18. The highest BCUT2D eigenvalue weighted by Gasteiger charge is 2.15. The molecule has 0 radical (unpaired) electrons. The molecule has 0 fully saturated rings. The van der Waals surface area contributed by atoms with E-state index in [9.17, 15) is 4.79 Å². The molecule has 0 aliphatic carbocycles. The fraction of sp³-hybridized carbons (Fsp3) is 0.800. The Hall–Kier alpha value is -0.950. The maximum Gasteiger partial charge on any atom is 0.334 e. The number of unbranched alkanes of at least 4 members (excludes halogenated alkanes) is 3. The van der Waals surface area contributed by atoms with E-state index < -0.39 is 0 Å². The molecule has 0 aliphatic heterocycles. The van der Waals surface area contributed by atoms with Crippen LogP contribution in [-0.4, -0.2) is 16.3 Å². The van der Waals surface area contributed by atoms with Crippen LogP contribution >= 0.6 is 0 Å². The Balaban J connectivity index is 3.68. The van der Waals surface area contributed by atoms with Gasteiger partial charge in [-0.1, -0.05) is 33.1 Å². The first-order chi connectivity index (χ1) is 6.26. The normalized spacial score (nSPS) is 9.38. The van der Waals surface area contributed by atoms with Crippen molar-refractivity contribution in [2.45, 2.75) is 52.4 Å². The van der Waals surface area contributed by atoms with Gasteiger partial charge < -0.3 is 5.53 Å². The Kier molecular flexibility index (Phi) is 7.12. The zero-order valence-corrected chi connectivity index (χ0v) is 8.55. The number of carbonyl (C=O) groups excluding carboxylic acids is 1. The standard InChI is InChI=1S/C10H18N2O/c1-3-5-6-7-8-10(13)9(4-2)12-11/h3-8H2,1-2H3. The number of Topliss-reactive ketones (excluding diaryl/α,β-unsaturated/α-hetero) is 1. The van der Waals surface area contributed by atoms with E-state index in [1.54, 1.807) is 0 Å². The molecule has 0 saturated carbocycles. The van der Waals surface area contributed by atoms with Crippen molar-refractivity contribution in [2.24, 2.45) is 0 Å². The molecule has 0 bridgehead atoms. The van der Waals surface area contributed by atoms with Gasteiger partial charge in [-0.25, -0.2) is 0 Å². The summed E-state index contributed by atoms with van der Waals surface area (Å²) < 4.78 is 0. The fourth-order valence-electron chi connectivity index (χ4n) is 1.18. The minimum atomic E-state index is -0.0129. The first kappa shape index (κ1) is 12.0. The molecule has 0 aliphatic rings. The lowest BCUT2D eigenvalue weighted by Gasteiger charge is -1.95. The molecule has 74 valence electrons. The molecule has 3 heteroatoms. The van der Waals surface area contributed by atoms with Gasteiger partial charge in [0.15, 0.2) is 0 Å². The van der Waals surface area contributed by atoms with E-state index >= 15 is 0 Å².